The van der Waals surface area contributed by atoms with E-state index in [1.807, 2.05) is 0 Å². The first-order valence-electron chi connectivity index (χ1n) is 2.98. The Kier molecular flexibility index (Phi) is 2.00. The van der Waals surface area contributed by atoms with Crippen LogP contribution < -0.4 is 0 Å². The fourth-order valence-electron chi connectivity index (χ4n) is 0.647. The van der Waals surface area contributed by atoms with E-state index in [0.717, 1.165) is 0 Å². The number of hydrogen-bond donors (Lipinski definition) is 3. The minimum atomic E-state index is -1.19. The first kappa shape index (κ1) is 7.46. The fraction of sp³-hybridized carbons (Fsp3) is 0.167. The van der Waals surface area contributed by atoms with Crippen molar-refractivity contribution in [2.45, 2.75) is 6.42 Å². The van der Waals surface area contributed by atoms with Crippen LogP contribution in [-0.4, -0.2) is 26.8 Å². The average molecular weight is 153 g/mol. The highest BCUT2D eigenvalue weighted by Gasteiger charge is 2.07. The van der Waals surface area contributed by atoms with Gasteiger partial charge in [0.05, 0.1) is 6.33 Å². The van der Waals surface area contributed by atoms with Crippen molar-refractivity contribution in [1.82, 2.24) is 9.97 Å². The summed E-state index contributed by atoms with van der Waals surface area (Å²) in [5.41, 5.74) is 0.298. The van der Waals surface area contributed by atoms with E-state index in [1.54, 1.807) is 0 Å². The molecule has 1 rings (SSSR count). The van der Waals surface area contributed by atoms with Gasteiger partial charge in [-0.1, -0.05) is 0 Å². The van der Waals surface area contributed by atoms with Gasteiger partial charge in [0.15, 0.2) is 0 Å². The van der Waals surface area contributed by atoms with Crippen LogP contribution in [0.5, 0.6) is 0 Å². The van der Waals surface area contributed by atoms with Crippen molar-refractivity contribution in [1.29, 1.82) is 5.41 Å². The van der Waals surface area contributed by atoms with Crippen LogP contribution in [-0.2, 0) is 11.2 Å². The molecule has 0 atom stereocenters. The number of carboxylic acid groups (broad SMARTS) is 1. The van der Waals surface area contributed by atoms with Crippen molar-refractivity contribution in [3.05, 3.63) is 18.2 Å². The first-order valence-corrected chi connectivity index (χ1v) is 2.98. The van der Waals surface area contributed by atoms with Crippen LogP contribution in [0.2, 0.25) is 0 Å². The van der Waals surface area contributed by atoms with Crippen molar-refractivity contribution >= 4 is 11.7 Å². The average Bonchev–Trinajstić information content (AvgIpc) is 2.39. The molecule has 0 bridgehead atoms. The van der Waals surface area contributed by atoms with Gasteiger partial charge in [0.1, 0.15) is 5.71 Å². The Labute approximate surface area is 62.6 Å². The van der Waals surface area contributed by atoms with Crippen molar-refractivity contribution in [3.63, 3.8) is 0 Å². The third-order valence-electron chi connectivity index (χ3n) is 1.18. The second-order valence-corrected chi connectivity index (χ2v) is 2.04. The van der Waals surface area contributed by atoms with Crippen molar-refractivity contribution in [2.75, 3.05) is 0 Å². The van der Waals surface area contributed by atoms with Gasteiger partial charge in [0, 0.05) is 18.3 Å². The van der Waals surface area contributed by atoms with Gasteiger partial charge >= 0.3 is 5.97 Å². The molecule has 0 radical (unpaired) electrons. The molecule has 0 fully saturated rings. The monoisotopic (exact) mass is 153 g/mol. The molecule has 1 aromatic rings. The Hall–Kier alpha value is -1.65. The lowest BCUT2D eigenvalue weighted by molar-refractivity contribution is -0.129. The summed E-state index contributed by atoms with van der Waals surface area (Å²) < 4.78 is 0. The van der Waals surface area contributed by atoms with Crippen LogP contribution in [0.25, 0.3) is 0 Å². The molecule has 0 aliphatic heterocycles. The van der Waals surface area contributed by atoms with Crippen LogP contribution in [0.1, 0.15) is 5.69 Å². The Morgan fingerprint density at radius 1 is 1.82 bits per heavy atom. The molecule has 0 aromatic carbocycles. The Morgan fingerprint density at radius 2 is 2.55 bits per heavy atom. The summed E-state index contributed by atoms with van der Waals surface area (Å²) in [6.45, 7) is 0. The predicted octanol–water partition coefficient (Wildman–Crippen LogP) is 0.0566. The number of aromatic amines is 1. The van der Waals surface area contributed by atoms with Crippen LogP contribution in [0.3, 0.4) is 0 Å². The number of aromatic nitrogens is 2. The number of H-pyrrole nitrogens is 1. The molecule has 5 heteroatoms. The van der Waals surface area contributed by atoms with Gasteiger partial charge in [-0.2, -0.15) is 0 Å². The van der Waals surface area contributed by atoms with E-state index in [0.29, 0.717) is 5.69 Å². The molecule has 0 saturated carbocycles. The third-order valence-corrected chi connectivity index (χ3v) is 1.18. The smallest absolute Gasteiger partial charge is 0.349 e. The van der Waals surface area contributed by atoms with Gasteiger partial charge in [-0.3, -0.25) is 5.41 Å². The topological polar surface area (TPSA) is 89.8 Å². The maximum atomic E-state index is 10.2. The number of imidazole rings is 1. The number of hydrogen-bond acceptors (Lipinski definition) is 3. The highest BCUT2D eigenvalue weighted by molar-refractivity contribution is 6.34. The Bertz CT molecular complexity index is 265. The maximum absolute atomic E-state index is 10.2. The summed E-state index contributed by atoms with van der Waals surface area (Å²) in [6, 6.07) is 0. The molecular formula is C6H7N3O2. The normalized spacial score (nSPS) is 9.45. The summed E-state index contributed by atoms with van der Waals surface area (Å²) in [7, 11) is 0. The van der Waals surface area contributed by atoms with E-state index < -0.39 is 5.97 Å². The van der Waals surface area contributed by atoms with Gasteiger partial charge < -0.3 is 10.1 Å². The van der Waals surface area contributed by atoms with Gasteiger partial charge in [-0.05, 0) is 0 Å². The van der Waals surface area contributed by atoms with Gasteiger partial charge in [-0.25, -0.2) is 9.78 Å². The SMILES string of the molecule is N=C(Cc1cnc[nH]1)C(=O)O. The zero-order chi connectivity index (χ0) is 8.27. The molecule has 0 saturated heterocycles. The lowest BCUT2D eigenvalue weighted by Crippen LogP contribution is -2.14. The van der Waals surface area contributed by atoms with E-state index in [2.05, 4.69) is 9.97 Å². The summed E-state index contributed by atoms with van der Waals surface area (Å²) in [4.78, 5) is 16.6. The number of aliphatic carboxylic acids is 1. The molecule has 3 N–H and O–H groups in total. The predicted molar refractivity (Wildman–Crippen MR) is 37.7 cm³/mol. The Morgan fingerprint density at radius 3 is 3.00 bits per heavy atom. The number of carbonyl (C=O) groups is 1. The van der Waals surface area contributed by atoms with Crippen molar-refractivity contribution in [2.24, 2.45) is 0 Å². The standard InChI is InChI=1S/C6H7N3O2/c7-5(6(10)11)1-4-2-8-3-9-4/h2-3,7H,1H2,(H,8,9)(H,10,11). The lowest BCUT2D eigenvalue weighted by Gasteiger charge is -1.92. The number of nitrogens with one attached hydrogen (secondary N) is 2. The molecule has 1 aromatic heterocycles. The summed E-state index contributed by atoms with van der Waals surface area (Å²) in [5.74, 6) is -1.19. The van der Waals surface area contributed by atoms with E-state index in [-0.39, 0.29) is 12.1 Å². The van der Waals surface area contributed by atoms with Crippen LogP contribution in [0.15, 0.2) is 12.5 Å². The summed E-state index contributed by atoms with van der Waals surface area (Å²) in [5, 5.41) is 15.3. The quantitative estimate of drug-likeness (QED) is 0.536. The van der Waals surface area contributed by atoms with Crippen LogP contribution in [0.4, 0.5) is 0 Å². The second kappa shape index (κ2) is 2.96. The minimum absolute atomic E-state index is 0.0926. The zero-order valence-electron chi connectivity index (χ0n) is 5.66. The van der Waals surface area contributed by atoms with Crippen molar-refractivity contribution in [3.8, 4) is 0 Å². The fourth-order valence-corrected chi connectivity index (χ4v) is 0.647. The summed E-state index contributed by atoms with van der Waals surface area (Å²) >= 11 is 0. The first-order chi connectivity index (χ1) is 5.20. The molecule has 11 heavy (non-hydrogen) atoms. The zero-order valence-corrected chi connectivity index (χ0v) is 5.66. The molecule has 58 valence electrons. The van der Waals surface area contributed by atoms with Gasteiger partial charge in [0.2, 0.25) is 0 Å². The van der Waals surface area contributed by atoms with E-state index in [4.69, 9.17) is 10.5 Å². The molecule has 1 heterocycles. The highest BCUT2D eigenvalue weighted by atomic mass is 16.4. The molecular weight excluding hydrogens is 146 g/mol. The third kappa shape index (κ3) is 1.89. The molecule has 0 amide bonds. The lowest BCUT2D eigenvalue weighted by atomic mass is 10.2. The van der Waals surface area contributed by atoms with E-state index in [1.165, 1.54) is 12.5 Å². The number of rotatable bonds is 3. The molecule has 0 spiro atoms. The maximum Gasteiger partial charge on any atom is 0.349 e. The molecule has 0 aliphatic rings. The largest absolute Gasteiger partial charge is 0.477 e. The molecule has 5 nitrogen and oxygen atoms in total. The van der Waals surface area contributed by atoms with Gasteiger partial charge in [0.25, 0.3) is 0 Å². The van der Waals surface area contributed by atoms with Crippen molar-refractivity contribution < 1.29 is 9.90 Å². The number of carboxylic acids is 1. The number of nitrogens with zero attached hydrogens (tertiary/aromatic N) is 1. The minimum Gasteiger partial charge on any atom is -0.477 e. The Balaban J connectivity index is 2.57. The second-order valence-electron chi connectivity index (χ2n) is 2.04. The summed E-state index contributed by atoms with van der Waals surface area (Å²) in [6.07, 6.45) is 3.04. The van der Waals surface area contributed by atoms with Gasteiger partial charge in [-0.15, -0.1) is 0 Å². The molecule has 0 unspecified atom stereocenters. The molecule has 0 aliphatic carbocycles. The van der Waals surface area contributed by atoms with E-state index in [9.17, 15) is 4.79 Å². The van der Waals surface area contributed by atoms with E-state index >= 15 is 0 Å². The van der Waals surface area contributed by atoms with Crippen LogP contribution in [0, 0.1) is 5.41 Å². The van der Waals surface area contributed by atoms with Crippen LogP contribution >= 0.6 is 0 Å². The highest BCUT2D eigenvalue weighted by Crippen LogP contribution is 1.93.